The van der Waals surface area contributed by atoms with Crippen LogP contribution in [0.5, 0.6) is 0 Å². The molecule has 1 fully saturated rings. The Kier molecular flexibility index (Phi) is 10.5. The summed E-state index contributed by atoms with van der Waals surface area (Å²) in [5.74, 6) is -3.60. The third-order valence-corrected chi connectivity index (χ3v) is 12.0. The predicted octanol–water partition coefficient (Wildman–Crippen LogP) is 8.00. The van der Waals surface area contributed by atoms with E-state index >= 15 is 0 Å². The molecule has 1 saturated heterocycles. The summed E-state index contributed by atoms with van der Waals surface area (Å²) in [4.78, 5) is 70.3. The lowest BCUT2D eigenvalue weighted by atomic mass is 9.99. The topological polar surface area (TPSA) is 175 Å². The lowest BCUT2D eigenvalue weighted by molar-refractivity contribution is -0.136. The molecule has 63 heavy (non-hydrogen) atoms. The zero-order chi connectivity index (χ0) is 44.2. The van der Waals surface area contributed by atoms with E-state index in [1.807, 2.05) is 84.9 Å². The molecule has 0 aliphatic carbocycles. The van der Waals surface area contributed by atoms with Gasteiger partial charge in [-0.05, 0) is 63.4 Å². The molecule has 322 valence electrons. The number of imidazole rings is 2. The predicted molar refractivity (Wildman–Crippen MR) is 230 cm³/mol. The molecular formula is C47H44F2N8O6. The number of hydrogen-bond acceptors (Lipinski definition) is 8. The van der Waals surface area contributed by atoms with E-state index in [2.05, 4.69) is 30.3 Å². The fourth-order valence-corrected chi connectivity index (χ4v) is 8.78. The number of amides is 4. The van der Waals surface area contributed by atoms with E-state index < -0.39 is 55.1 Å². The maximum atomic E-state index is 14.9. The number of benzene rings is 4. The van der Waals surface area contributed by atoms with Gasteiger partial charge in [0.25, 0.3) is 11.8 Å². The molecule has 0 spiro atoms. The first-order chi connectivity index (χ1) is 30.3. The molecule has 4 amide bonds. The van der Waals surface area contributed by atoms with E-state index in [0.717, 1.165) is 55.2 Å². The van der Waals surface area contributed by atoms with Crippen LogP contribution in [-0.2, 0) is 31.9 Å². The van der Waals surface area contributed by atoms with Crippen LogP contribution in [0.25, 0.3) is 44.5 Å². The number of para-hydroxylation sites is 1. The van der Waals surface area contributed by atoms with Crippen molar-refractivity contribution in [3.63, 3.8) is 0 Å². The molecule has 0 saturated carbocycles. The number of carbonyl (C=O) groups excluding carboxylic acids is 4. The van der Waals surface area contributed by atoms with Crippen LogP contribution in [0.2, 0.25) is 0 Å². The molecule has 6 aromatic rings. The summed E-state index contributed by atoms with van der Waals surface area (Å²) < 4.78 is 39.2. The molecule has 3 atom stereocenters. The van der Waals surface area contributed by atoms with Gasteiger partial charge in [0.2, 0.25) is 5.91 Å². The number of alkyl halides is 2. The Morgan fingerprint density at radius 3 is 2.16 bits per heavy atom. The van der Waals surface area contributed by atoms with E-state index in [9.17, 15) is 28.0 Å². The summed E-state index contributed by atoms with van der Waals surface area (Å²) in [6, 6.07) is 25.3. The number of methoxy groups -OCH3 is 2. The number of halogens is 2. The third kappa shape index (κ3) is 7.76. The molecular weight excluding hydrogens is 811 g/mol. The fourth-order valence-electron chi connectivity index (χ4n) is 8.78. The number of aromatic nitrogens is 4. The van der Waals surface area contributed by atoms with E-state index in [4.69, 9.17) is 9.72 Å². The molecule has 3 aliphatic heterocycles. The van der Waals surface area contributed by atoms with Crippen LogP contribution in [0.4, 0.5) is 24.1 Å². The Morgan fingerprint density at radius 2 is 1.48 bits per heavy atom. The number of rotatable bonds is 9. The number of anilines is 1. The second-order valence-corrected chi connectivity index (χ2v) is 16.3. The summed E-state index contributed by atoms with van der Waals surface area (Å²) in [5, 5.41) is 5.07. The van der Waals surface area contributed by atoms with Crippen molar-refractivity contribution in [2.24, 2.45) is 5.92 Å². The maximum Gasteiger partial charge on any atom is 0.411 e. The number of alkyl carbamates (subject to hydrolysis) is 2. The zero-order valence-corrected chi connectivity index (χ0v) is 34.9. The summed E-state index contributed by atoms with van der Waals surface area (Å²) in [7, 11) is 2.43. The molecule has 5 heterocycles. The number of ether oxygens (including phenoxy) is 2. The van der Waals surface area contributed by atoms with E-state index in [0.29, 0.717) is 29.7 Å². The summed E-state index contributed by atoms with van der Waals surface area (Å²) in [6.07, 6.45) is 2.40. The Bertz CT molecular complexity index is 2800. The van der Waals surface area contributed by atoms with Gasteiger partial charge >= 0.3 is 12.2 Å². The second-order valence-electron chi connectivity index (χ2n) is 16.3. The minimum Gasteiger partial charge on any atom is -0.453 e. The van der Waals surface area contributed by atoms with Crippen molar-refractivity contribution in [1.82, 2.24) is 35.5 Å². The smallest absolute Gasteiger partial charge is 0.411 e. The highest BCUT2D eigenvalue weighted by Gasteiger charge is 2.50. The van der Waals surface area contributed by atoms with Crippen LogP contribution in [0.15, 0.2) is 103 Å². The number of H-pyrrole nitrogens is 2. The molecule has 9 rings (SSSR count). The van der Waals surface area contributed by atoms with Crippen molar-refractivity contribution in [3.8, 4) is 33.5 Å². The Labute approximate surface area is 360 Å². The maximum absolute atomic E-state index is 14.9. The van der Waals surface area contributed by atoms with Gasteiger partial charge in [-0.1, -0.05) is 92.7 Å². The average Bonchev–Trinajstić information content (AvgIpc) is 4.08. The summed E-state index contributed by atoms with van der Waals surface area (Å²) in [6.45, 7) is 2.65. The first kappa shape index (κ1) is 41.0. The van der Waals surface area contributed by atoms with Crippen molar-refractivity contribution < 1.29 is 37.4 Å². The number of allylic oxidation sites excluding steroid dienone is 1. The largest absolute Gasteiger partial charge is 0.453 e. The minimum atomic E-state index is -3.14. The number of carbonyl (C=O) groups is 4. The highest BCUT2D eigenvalue weighted by Crippen LogP contribution is 2.45. The molecule has 14 nitrogen and oxygen atoms in total. The van der Waals surface area contributed by atoms with Gasteiger partial charge < -0.3 is 29.7 Å². The molecule has 0 radical (unpaired) electrons. The third-order valence-electron chi connectivity index (χ3n) is 12.0. The van der Waals surface area contributed by atoms with E-state index in [1.54, 1.807) is 31.0 Å². The number of nitrogens with zero attached hydrogens (tertiary/aromatic N) is 4. The number of fused-ring (bicyclic) bond motifs is 1. The van der Waals surface area contributed by atoms with E-state index in [1.165, 1.54) is 14.2 Å². The normalized spacial score (nSPS) is 18.2. The molecule has 3 unspecified atom stereocenters. The van der Waals surface area contributed by atoms with E-state index in [-0.39, 0.29) is 23.3 Å². The monoisotopic (exact) mass is 854 g/mol. The Balaban J connectivity index is 0.901. The van der Waals surface area contributed by atoms with Crippen molar-refractivity contribution in [3.05, 3.63) is 126 Å². The Hall–Kier alpha value is -7.36. The molecule has 16 heteroatoms. The molecule has 0 bridgehead atoms. The second kappa shape index (κ2) is 16.2. The van der Waals surface area contributed by atoms with Gasteiger partial charge in [0.15, 0.2) is 0 Å². The lowest BCUT2D eigenvalue weighted by Gasteiger charge is -2.29. The SMILES string of the molecule is COC(=O)NC1=CCc2cccc3c2N(C1=O)C(c1ncc(-c2ccc(-c4ccc(-c5ccc6nc(C7CC(F)(F)CN7C(=O)C(NC(=O)OC)C(C)C)[nH]c6c5)cc4)cc2)[nH]1)C3. The van der Waals surface area contributed by atoms with Gasteiger partial charge in [-0.3, -0.25) is 19.8 Å². The summed E-state index contributed by atoms with van der Waals surface area (Å²) in [5.41, 5.74) is 9.76. The van der Waals surface area contributed by atoms with Gasteiger partial charge in [0.1, 0.15) is 23.4 Å². The lowest BCUT2D eigenvalue weighted by Crippen LogP contribution is -2.51. The minimum absolute atomic E-state index is 0.159. The van der Waals surface area contributed by atoms with Gasteiger partial charge in [0, 0.05) is 12.8 Å². The first-order valence-corrected chi connectivity index (χ1v) is 20.6. The molecule has 4 aromatic carbocycles. The van der Waals surface area contributed by atoms with Gasteiger partial charge in [-0.15, -0.1) is 0 Å². The van der Waals surface area contributed by atoms with Crippen molar-refractivity contribution in [2.75, 3.05) is 25.7 Å². The fraction of sp³-hybridized carbons (Fsp3) is 0.277. The van der Waals surface area contributed by atoms with Gasteiger partial charge in [0.05, 0.1) is 61.5 Å². The van der Waals surface area contributed by atoms with Crippen molar-refractivity contribution in [2.45, 2.75) is 57.2 Å². The molecule has 2 aromatic heterocycles. The first-order valence-electron chi connectivity index (χ1n) is 20.6. The van der Waals surface area contributed by atoms with Crippen LogP contribution >= 0.6 is 0 Å². The molecule has 4 N–H and O–H groups in total. The van der Waals surface area contributed by atoms with Crippen LogP contribution in [-0.4, -0.2) is 81.6 Å². The number of likely N-dealkylation sites (tertiary alicyclic amines) is 1. The number of aromatic amines is 2. The van der Waals surface area contributed by atoms with Crippen LogP contribution in [0.3, 0.4) is 0 Å². The summed E-state index contributed by atoms with van der Waals surface area (Å²) >= 11 is 0. The zero-order valence-electron chi connectivity index (χ0n) is 34.9. The van der Waals surface area contributed by atoms with Gasteiger partial charge in [-0.2, -0.15) is 0 Å². The number of nitrogens with one attached hydrogen (secondary N) is 4. The van der Waals surface area contributed by atoms with Crippen LogP contribution in [0, 0.1) is 5.92 Å². The quantitative estimate of drug-likeness (QED) is 0.113. The average molecular weight is 855 g/mol. The highest BCUT2D eigenvalue weighted by molar-refractivity contribution is 6.10. The van der Waals surface area contributed by atoms with Crippen LogP contribution in [0.1, 0.15) is 55.1 Å². The molecule has 3 aliphatic rings. The van der Waals surface area contributed by atoms with Crippen molar-refractivity contribution in [1.29, 1.82) is 0 Å². The number of hydrogen-bond donors (Lipinski definition) is 4. The van der Waals surface area contributed by atoms with Crippen molar-refractivity contribution >= 4 is 40.7 Å². The standard InChI is InChI=1S/C47H44F2N8O6/c1-25(2)39(55-46(61)63-4)44(59)56-24-47(48,49)22-38(56)42-51-33-18-17-31(20-35(33)52-42)28-10-8-26(9-11-28)27-12-14-29(15-13-27)36-23-50-41(53-36)37-21-32-7-5-6-30-16-19-34(54-45(60)62-3)43(58)57(37)40(30)32/h5-15,17-20,23,25,37-39H,16,21-22,24H2,1-4H3,(H,50,53)(H,51,52)(H,54,60)(H,55,61). The highest BCUT2D eigenvalue weighted by atomic mass is 19.3. The van der Waals surface area contributed by atoms with Crippen LogP contribution < -0.4 is 15.5 Å². The Morgan fingerprint density at radius 1 is 0.825 bits per heavy atom. The van der Waals surface area contributed by atoms with Gasteiger partial charge in [-0.25, -0.2) is 28.3 Å².